The minimum Gasteiger partial charge on any atom is -0.339 e. The molecule has 2 nitrogen and oxygen atoms in total. The second-order valence-electron chi connectivity index (χ2n) is 4.21. The molecule has 1 aromatic carbocycles. The number of hydrogen-bond acceptors (Lipinski definition) is 1. The summed E-state index contributed by atoms with van der Waals surface area (Å²) in [7, 11) is 0. The van der Waals surface area contributed by atoms with Gasteiger partial charge < -0.3 is 5.32 Å². The molecule has 1 heterocycles. The number of hydrogen-bond donors (Lipinski definition) is 1. The molecule has 19 heavy (non-hydrogen) atoms. The highest BCUT2D eigenvalue weighted by Gasteiger charge is 2.33. The Hall–Kier alpha value is -1.88. The number of benzene rings is 1. The number of alkyl halides is 3. The molecule has 0 aliphatic carbocycles. The molecule has 5 heteroatoms. The highest BCUT2D eigenvalue weighted by atomic mass is 19.4. The van der Waals surface area contributed by atoms with Gasteiger partial charge in [0.15, 0.2) is 0 Å². The molecule has 0 amide bonds. The maximum absolute atomic E-state index is 12.8. The van der Waals surface area contributed by atoms with Crippen LogP contribution in [0.15, 0.2) is 48.8 Å². The molecule has 0 aliphatic rings. The number of nitrogens with two attached hydrogens (primary N) is 1. The zero-order valence-electron chi connectivity index (χ0n) is 10.2. The van der Waals surface area contributed by atoms with Gasteiger partial charge in [0.2, 0.25) is 0 Å². The summed E-state index contributed by atoms with van der Waals surface area (Å²) in [5.74, 6) is 0. The highest BCUT2D eigenvalue weighted by Crippen LogP contribution is 2.31. The summed E-state index contributed by atoms with van der Waals surface area (Å²) in [6, 6.07) is 9.39. The summed E-state index contributed by atoms with van der Waals surface area (Å²) in [6.07, 6.45) is -0.944. The summed E-state index contributed by atoms with van der Waals surface area (Å²) in [5.41, 5.74) is 0.796. The van der Waals surface area contributed by atoms with Crippen LogP contribution in [0.25, 0.3) is 0 Å². The molecule has 0 radical (unpaired) electrons. The standard InChI is InChI=1S/C14H13F3N2/c15-14(16,17)13-4-2-1-3-12(13)10-19-9-11-5-7-18-8-6-11/h1-8,19H,9-10H2/p+1. The van der Waals surface area contributed by atoms with Crippen molar-refractivity contribution in [1.82, 2.24) is 4.98 Å². The first-order valence-electron chi connectivity index (χ1n) is 5.93. The van der Waals surface area contributed by atoms with Crippen molar-refractivity contribution < 1.29 is 18.5 Å². The number of rotatable bonds is 4. The first-order valence-corrected chi connectivity index (χ1v) is 5.93. The van der Waals surface area contributed by atoms with Crippen molar-refractivity contribution in [3.05, 3.63) is 65.5 Å². The molecule has 2 N–H and O–H groups in total. The Morgan fingerprint density at radius 2 is 1.63 bits per heavy atom. The summed E-state index contributed by atoms with van der Waals surface area (Å²) in [5, 5.41) is 1.85. The molecule has 0 unspecified atom stereocenters. The summed E-state index contributed by atoms with van der Waals surface area (Å²) in [6.45, 7) is 0.937. The predicted molar refractivity (Wildman–Crippen MR) is 65.0 cm³/mol. The lowest BCUT2D eigenvalue weighted by atomic mass is 10.1. The van der Waals surface area contributed by atoms with Crippen LogP contribution in [-0.4, -0.2) is 4.98 Å². The molecular formula is C14H14F3N2+. The van der Waals surface area contributed by atoms with Crippen molar-refractivity contribution in [2.24, 2.45) is 0 Å². The number of quaternary nitrogens is 1. The molecule has 0 spiro atoms. The fourth-order valence-corrected chi connectivity index (χ4v) is 1.89. The largest absolute Gasteiger partial charge is 0.416 e. The second-order valence-corrected chi connectivity index (χ2v) is 4.21. The number of nitrogens with zero attached hydrogens (tertiary/aromatic N) is 1. The molecule has 2 aromatic rings. The first kappa shape index (κ1) is 13.5. The zero-order valence-corrected chi connectivity index (χ0v) is 10.2. The van der Waals surface area contributed by atoms with Crippen LogP contribution in [0.2, 0.25) is 0 Å². The topological polar surface area (TPSA) is 29.5 Å². The fourth-order valence-electron chi connectivity index (χ4n) is 1.89. The van der Waals surface area contributed by atoms with Crippen LogP contribution in [0.4, 0.5) is 13.2 Å². The Kier molecular flexibility index (Phi) is 4.16. The van der Waals surface area contributed by atoms with E-state index in [2.05, 4.69) is 4.98 Å². The van der Waals surface area contributed by atoms with Gasteiger partial charge in [-0.15, -0.1) is 0 Å². The van der Waals surface area contributed by atoms with Gasteiger partial charge >= 0.3 is 6.18 Å². The lowest BCUT2D eigenvalue weighted by molar-refractivity contribution is -0.686. The zero-order chi connectivity index (χ0) is 13.7. The average Bonchev–Trinajstić information content (AvgIpc) is 2.39. The van der Waals surface area contributed by atoms with Gasteiger partial charge in [0, 0.05) is 23.5 Å². The van der Waals surface area contributed by atoms with Gasteiger partial charge in [0.1, 0.15) is 13.1 Å². The third-order valence-electron chi connectivity index (χ3n) is 2.82. The highest BCUT2D eigenvalue weighted by molar-refractivity contribution is 5.28. The van der Waals surface area contributed by atoms with Gasteiger partial charge in [-0.2, -0.15) is 13.2 Å². The van der Waals surface area contributed by atoms with E-state index in [0.717, 1.165) is 11.6 Å². The van der Waals surface area contributed by atoms with Gasteiger partial charge in [-0.3, -0.25) is 4.98 Å². The van der Waals surface area contributed by atoms with Crippen LogP contribution in [0.1, 0.15) is 16.7 Å². The molecule has 2 rings (SSSR count). The Labute approximate surface area is 109 Å². The van der Waals surface area contributed by atoms with Gasteiger partial charge in [-0.1, -0.05) is 18.2 Å². The van der Waals surface area contributed by atoms with E-state index in [4.69, 9.17) is 0 Å². The van der Waals surface area contributed by atoms with E-state index in [9.17, 15) is 13.2 Å². The molecule has 0 bridgehead atoms. The van der Waals surface area contributed by atoms with E-state index < -0.39 is 11.7 Å². The van der Waals surface area contributed by atoms with Crippen molar-refractivity contribution in [2.45, 2.75) is 19.3 Å². The van der Waals surface area contributed by atoms with E-state index in [1.165, 1.54) is 12.1 Å². The minimum absolute atomic E-state index is 0.304. The maximum Gasteiger partial charge on any atom is 0.416 e. The average molecular weight is 267 g/mol. The van der Waals surface area contributed by atoms with Crippen LogP contribution in [-0.2, 0) is 19.3 Å². The molecule has 100 valence electrons. The Morgan fingerprint density at radius 3 is 2.32 bits per heavy atom. The Bertz CT molecular complexity index is 524. The smallest absolute Gasteiger partial charge is 0.339 e. The predicted octanol–water partition coefficient (Wildman–Crippen LogP) is 2.36. The van der Waals surface area contributed by atoms with Crippen molar-refractivity contribution in [1.29, 1.82) is 0 Å². The van der Waals surface area contributed by atoms with Crippen molar-refractivity contribution >= 4 is 0 Å². The first-order chi connectivity index (χ1) is 9.07. The maximum atomic E-state index is 12.8. The van der Waals surface area contributed by atoms with E-state index in [0.29, 0.717) is 18.7 Å². The van der Waals surface area contributed by atoms with Gasteiger partial charge in [0.05, 0.1) is 5.56 Å². The van der Waals surface area contributed by atoms with Crippen molar-refractivity contribution in [3.8, 4) is 0 Å². The van der Waals surface area contributed by atoms with E-state index >= 15 is 0 Å². The molecule has 0 saturated carbocycles. The molecular weight excluding hydrogens is 253 g/mol. The number of halogens is 3. The van der Waals surface area contributed by atoms with Crippen molar-refractivity contribution in [3.63, 3.8) is 0 Å². The fraction of sp³-hybridized carbons (Fsp3) is 0.214. The van der Waals surface area contributed by atoms with E-state index in [-0.39, 0.29) is 0 Å². The van der Waals surface area contributed by atoms with Gasteiger partial charge in [-0.05, 0) is 18.2 Å². The summed E-state index contributed by atoms with van der Waals surface area (Å²) in [4.78, 5) is 3.90. The quantitative estimate of drug-likeness (QED) is 0.905. The molecule has 0 aliphatic heterocycles. The van der Waals surface area contributed by atoms with Crippen molar-refractivity contribution in [2.75, 3.05) is 0 Å². The van der Waals surface area contributed by atoms with E-state index in [1.54, 1.807) is 18.5 Å². The summed E-state index contributed by atoms with van der Waals surface area (Å²) < 4.78 is 38.3. The number of aromatic nitrogens is 1. The van der Waals surface area contributed by atoms with Crippen LogP contribution in [0, 0.1) is 0 Å². The Morgan fingerprint density at radius 1 is 0.947 bits per heavy atom. The molecule has 0 atom stereocenters. The number of pyridine rings is 1. The van der Waals surface area contributed by atoms with Gasteiger partial charge in [0.25, 0.3) is 0 Å². The molecule has 0 saturated heterocycles. The lowest BCUT2D eigenvalue weighted by Crippen LogP contribution is -2.80. The SMILES string of the molecule is FC(F)(F)c1ccccc1C[NH2+]Cc1ccncc1. The second kappa shape index (κ2) is 5.84. The van der Waals surface area contributed by atoms with Crippen LogP contribution in [0.5, 0.6) is 0 Å². The van der Waals surface area contributed by atoms with Crippen LogP contribution in [0.3, 0.4) is 0 Å². The molecule has 1 aromatic heterocycles. The normalized spacial score (nSPS) is 11.5. The van der Waals surface area contributed by atoms with Gasteiger partial charge in [-0.25, -0.2) is 0 Å². The Balaban J connectivity index is 2.00. The lowest BCUT2D eigenvalue weighted by Gasteiger charge is -2.11. The van der Waals surface area contributed by atoms with E-state index in [1.807, 2.05) is 17.4 Å². The third kappa shape index (κ3) is 3.79. The molecule has 0 fully saturated rings. The van der Waals surface area contributed by atoms with Crippen LogP contribution >= 0.6 is 0 Å². The monoisotopic (exact) mass is 267 g/mol. The third-order valence-corrected chi connectivity index (χ3v) is 2.82. The minimum atomic E-state index is -4.29. The summed E-state index contributed by atoms with van der Waals surface area (Å²) >= 11 is 0. The van der Waals surface area contributed by atoms with Crippen LogP contribution < -0.4 is 5.32 Å².